The van der Waals surface area contributed by atoms with E-state index < -0.39 is 12.5 Å². The van der Waals surface area contributed by atoms with Gasteiger partial charge < -0.3 is 15.0 Å². The van der Waals surface area contributed by atoms with Crippen LogP contribution >= 0.6 is 0 Å². The second-order valence-corrected chi connectivity index (χ2v) is 5.63. The first kappa shape index (κ1) is 16.9. The summed E-state index contributed by atoms with van der Waals surface area (Å²) in [5, 5.41) is 2.70. The van der Waals surface area contributed by atoms with Crippen LogP contribution in [0.15, 0.2) is 54.6 Å². The number of nitrogens with zero attached hydrogens (tertiary/aromatic N) is 1. The van der Waals surface area contributed by atoms with Gasteiger partial charge >= 0.3 is 6.61 Å². The van der Waals surface area contributed by atoms with Crippen LogP contribution in [0.2, 0.25) is 0 Å². The third kappa shape index (κ3) is 4.12. The van der Waals surface area contributed by atoms with Crippen LogP contribution in [0.1, 0.15) is 6.42 Å². The van der Waals surface area contributed by atoms with Crippen molar-refractivity contribution in [2.45, 2.75) is 13.0 Å². The van der Waals surface area contributed by atoms with Crippen LogP contribution in [0.5, 0.6) is 5.75 Å². The lowest BCUT2D eigenvalue weighted by Gasteiger charge is -2.16. The SMILES string of the molecule is O=C(Nc1ccc(OC(F)F)cc1)C1CC(=O)N(c2ccccc2)C1. The zero-order valence-corrected chi connectivity index (χ0v) is 13.2. The summed E-state index contributed by atoms with van der Waals surface area (Å²) in [6.45, 7) is -2.59. The highest BCUT2D eigenvalue weighted by atomic mass is 19.3. The third-order valence-electron chi connectivity index (χ3n) is 3.91. The molecule has 2 amide bonds. The normalized spacial score (nSPS) is 17.0. The molecule has 0 spiro atoms. The van der Waals surface area contributed by atoms with E-state index in [1.807, 2.05) is 30.3 Å². The molecule has 1 N–H and O–H groups in total. The highest BCUT2D eigenvalue weighted by molar-refractivity contribution is 6.03. The molecule has 0 radical (unpaired) electrons. The molecule has 1 atom stereocenters. The van der Waals surface area contributed by atoms with Gasteiger partial charge in [0.1, 0.15) is 5.75 Å². The minimum absolute atomic E-state index is 0.0132. The molecule has 0 aromatic heterocycles. The van der Waals surface area contributed by atoms with Gasteiger partial charge in [-0.2, -0.15) is 8.78 Å². The van der Waals surface area contributed by atoms with E-state index in [0.29, 0.717) is 12.2 Å². The molecule has 1 aliphatic heterocycles. The predicted molar refractivity (Wildman–Crippen MR) is 88.6 cm³/mol. The molecule has 1 heterocycles. The molecule has 130 valence electrons. The summed E-state index contributed by atoms with van der Waals surface area (Å²) in [7, 11) is 0. The van der Waals surface area contributed by atoms with Crippen LogP contribution in [-0.4, -0.2) is 25.0 Å². The quantitative estimate of drug-likeness (QED) is 0.904. The topological polar surface area (TPSA) is 58.6 Å². The number of nitrogens with one attached hydrogen (secondary N) is 1. The monoisotopic (exact) mass is 346 g/mol. The van der Waals surface area contributed by atoms with E-state index in [2.05, 4.69) is 10.1 Å². The maximum atomic E-state index is 12.4. The fraction of sp³-hybridized carbons (Fsp3) is 0.222. The number of benzene rings is 2. The lowest BCUT2D eigenvalue weighted by molar-refractivity contribution is -0.122. The number of anilines is 2. The first-order valence-electron chi connectivity index (χ1n) is 7.74. The van der Waals surface area contributed by atoms with E-state index in [-0.39, 0.29) is 24.0 Å². The summed E-state index contributed by atoms with van der Waals surface area (Å²) in [6, 6.07) is 14.8. The lowest BCUT2D eigenvalue weighted by atomic mass is 10.1. The molecule has 7 heteroatoms. The van der Waals surface area contributed by atoms with E-state index >= 15 is 0 Å². The van der Waals surface area contributed by atoms with Crippen molar-refractivity contribution in [2.24, 2.45) is 5.92 Å². The Balaban J connectivity index is 1.61. The van der Waals surface area contributed by atoms with E-state index in [0.717, 1.165) is 5.69 Å². The molecule has 3 rings (SSSR count). The van der Waals surface area contributed by atoms with E-state index in [9.17, 15) is 18.4 Å². The van der Waals surface area contributed by atoms with Gasteiger partial charge in [0.25, 0.3) is 0 Å². The van der Waals surface area contributed by atoms with Crippen molar-refractivity contribution in [2.75, 3.05) is 16.8 Å². The standard InChI is InChI=1S/C18H16F2N2O3/c19-18(20)25-15-8-6-13(7-9-15)21-17(24)12-10-16(23)22(11-12)14-4-2-1-3-5-14/h1-9,12,18H,10-11H2,(H,21,24). The van der Waals surface area contributed by atoms with Crippen molar-refractivity contribution in [3.63, 3.8) is 0 Å². The van der Waals surface area contributed by atoms with Crippen LogP contribution in [-0.2, 0) is 9.59 Å². The number of hydrogen-bond donors (Lipinski definition) is 1. The number of carbonyl (C=O) groups is 2. The molecule has 1 unspecified atom stereocenters. The Labute approximate surface area is 143 Å². The number of para-hydroxylation sites is 1. The molecule has 0 saturated carbocycles. The molecule has 0 bridgehead atoms. The average Bonchev–Trinajstić information content (AvgIpc) is 2.99. The molecule has 2 aromatic rings. The maximum Gasteiger partial charge on any atom is 0.387 e. The van der Waals surface area contributed by atoms with Gasteiger partial charge in [-0.25, -0.2) is 0 Å². The largest absolute Gasteiger partial charge is 0.435 e. The Morgan fingerprint density at radius 1 is 1.12 bits per heavy atom. The van der Waals surface area contributed by atoms with Crippen LogP contribution in [0, 0.1) is 5.92 Å². The number of ether oxygens (including phenoxy) is 1. The van der Waals surface area contributed by atoms with Gasteiger partial charge in [0, 0.05) is 24.3 Å². The third-order valence-corrected chi connectivity index (χ3v) is 3.91. The van der Waals surface area contributed by atoms with Gasteiger partial charge in [-0.05, 0) is 36.4 Å². The van der Waals surface area contributed by atoms with Gasteiger partial charge in [0.15, 0.2) is 0 Å². The minimum atomic E-state index is -2.89. The fourth-order valence-corrected chi connectivity index (χ4v) is 2.70. The molecule has 1 aliphatic rings. The van der Waals surface area contributed by atoms with Crippen LogP contribution < -0.4 is 15.0 Å². The van der Waals surface area contributed by atoms with E-state index in [4.69, 9.17) is 0 Å². The van der Waals surface area contributed by atoms with Crippen molar-refractivity contribution >= 4 is 23.2 Å². The highest BCUT2D eigenvalue weighted by Gasteiger charge is 2.35. The van der Waals surface area contributed by atoms with Crippen molar-refractivity contribution in [3.8, 4) is 5.75 Å². The molecule has 0 aliphatic carbocycles. The zero-order chi connectivity index (χ0) is 17.8. The number of rotatable bonds is 5. The van der Waals surface area contributed by atoms with Gasteiger partial charge in [-0.15, -0.1) is 0 Å². The predicted octanol–water partition coefficient (Wildman–Crippen LogP) is 3.28. The Kier molecular flexibility index (Phi) is 4.92. The van der Waals surface area contributed by atoms with E-state index in [1.54, 1.807) is 4.90 Å². The Morgan fingerprint density at radius 3 is 2.44 bits per heavy atom. The van der Waals surface area contributed by atoms with E-state index in [1.165, 1.54) is 24.3 Å². The Bertz CT molecular complexity index is 751. The number of amides is 2. The molecule has 1 fully saturated rings. The maximum absolute atomic E-state index is 12.4. The van der Waals surface area contributed by atoms with Gasteiger partial charge in [0.2, 0.25) is 11.8 Å². The second kappa shape index (κ2) is 7.29. The molecule has 1 saturated heterocycles. The molecule has 5 nitrogen and oxygen atoms in total. The van der Waals surface area contributed by atoms with Crippen LogP contribution in [0.4, 0.5) is 20.2 Å². The Morgan fingerprint density at radius 2 is 1.80 bits per heavy atom. The van der Waals surface area contributed by atoms with Gasteiger partial charge in [-0.3, -0.25) is 9.59 Å². The fourth-order valence-electron chi connectivity index (χ4n) is 2.70. The van der Waals surface area contributed by atoms with Gasteiger partial charge in [0.05, 0.1) is 5.92 Å². The summed E-state index contributed by atoms with van der Waals surface area (Å²) >= 11 is 0. The van der Waals surface area contributed by atoms with Crippen molar-refractivity contribution in [3.05, 3.63) is 54.6 Å². The number of halogens is 2. The first-order chi connectivity index (χ1) is 12.0. The van der Waals surface area contributed by atoms with Gasteiger partial charge in [-0.1, -0.05) is 18.2 Å². The lowest BCUT2D eigenvalue weighted by Crippen LogP contribution is -2.28. The summed E-state index contributed by atoms with van der Waals surface area (Å²) in [5.74, 6) is -0.842. The van der Waals surface area contributed by atoms with Crippen molar-refractivity contribution < 1.29 is 23.1 Å². The second-order valence-electron chi connectivity index (χ2n) is 5.63. The number of carbonyl (C=O) groups excluding carboxylic acids is 2. The van der Waals surface area contributed by atoms with Crippen LogP contribution in [0.3, 0.4) is 0 Å². The Hall–Kier alpha value is -2.96. The number of alkyl halides is 2. The molecular weight excluding hydrogens is 330 g/mol. The zero-order valence-electron chi connectivity index (χ0n) is 13.2. The van der Waals surface area contributed by atoms with Crippen LogP contribution in [0.25, 0.3) is 0 Å². The van der Waals surface area contributed by atoms with Crippen molar-refractivity contribution in [1.29, 1.82) is 0 Å². The first-order valence-corrected chi connectivity index (χ1v) is 7.74. The molecule has 25 heavy (non-hydrogen) atoms. The smallest absolute Gasteiger partial charge is 0.387 e. The summed E-state index contributed by atoms with van der Waals surface area (Å²) in [5.41, 5.74) is 1.22. The summed E-state index contributed by atoms with van der Waals surface area (Å²) in [4.78, 5) is 26.1. The van der Waals surface area contributed by atoms with Crippen molar-refractivity contribution in [1.82, 2.24) is 0 Å². The number of hydrogen-bond acceptors (Lipinski definition) is 3. The highest BCUT2D eigenvalue weighted by Crippen LogP contribution is 2.26. The average molecular weight is 346 g/mol. The summed E-state index contributed by atoms with van der Waals surface area (Å²) < 4.78 is 28.5. The summed E-state index contributed by atoms with van der Waals surface area (Å²) in [6.07, 6.45) is 0.132. The minimum Gasteiger partial charge on any atom is -0.435 e. The molecular formula is C18H16F2N2O3. The molecule has 2 aromatic carbocycles.